The second-order valence-electron chi connectivity index (χ2n) is 2.84. The number of carbonyl (C=O) groups is 1. The van der Waals surface area contributed by atoms with Gasteiger partial charge in [-0.05, 0) is 18.2 Å². The molecule has 0 spiro atoms. The van der Waals surface area contributed by atoms with E-state index in [0.717, 1.165) is 0 Å². The summed E-state index contributed by atoms with van der Waals surface area (Å²) in [5.74, 6) is 0.248. The predicted octanol–water partition coefficient (Wildman–Crippen LogP) is 0.681. The molecule has 1 aromatic carbocycles. The molecule has 1 aliphatic heterocycles. The molecular weight excluding hydrogens is 170 g/mol. The van der Waals surface area contributed by atoms with E-state index in [1.807, 2.05) is 0 Å². The largest absolute Gasteiger partial charge is 0.497 e. The van der Waals surface area contributed by atoms with Gasteiger partial charge in [-0.1, -0.05) is 0 Å². The Kier molecular flexibility index (Phi) is 1.70. The lowest BCUT2D eigenvalue weighted by molar-refractivity contribution is -0.123. The summed E-state index contributed by atoms with van der Waals surface area (Å²) in [6.45, 7) is 0. The quantitative estimate of drug-likeness (QED) is 0.666. The number of nitrogens with one attached hydrogen (secondary N) is 1. The van der Waals surface area contributed by atoms with Gasteiger partial charge >= 0.3 is 0 Å². The number of anilines is 1. The fourth-order valence-electron chi connectivity index (χ4n) is 1.35. The zero-order valence-electron chi connectivity index (χ0n) is 7.07. The molecule has 0 saturated heterocycles. The molecule has 4 heteroatoms. The summed E-state index contributed by atoms with van der Waals surface area (Å²) < 4.78 is 4.97. The number of aliphatic hydroxyl groups is 1. The molecule has 0 saturated carbocycles. The second kappa shape index (κ2) is 2.74. The summed E-state index contributed by atoms with van der Waals surface area (Å²) in [7, 11) is 1.54. The number of benzene rings is 1. The zero-order valence-corrected chi connectivity index (χ0v) is 7.07. The first-order valence-corrected chi connectivity index (χ1v) is 3.89. The van der Waals surface area contributed by atoms with E-state index in [2.05, 4.69) is 5.32 Å². The van der Waals surface area contributed by atoms with Crippen molar-refractivity contribution >= 4 is 11.6 Å². The molecule has 0 radical (unpaired) electrons. The van der Waals surface area contributed by atoms with E-state index >= 15 is 0 Å². The topological polar surface area (TPSA) is 58.6 Å². The van der Waals surface area contributed by atoms with E-state index < -0.39 is 6.10 Å². The maximum absolute atomic E-state index is 11.0. The second-order valence-corrected chi connectivity index (χ2v) is 2.84. The fourth-order valence-corrected chi connectivity index (χ4v) is 1.35. The summed E-state index contributed by atoms with van der Waals surface area (Å²) in [4.78, 5) is 11.0. The summed E-state index contributed by atoms with van der Waals surface area (Å²) in [5, 5.41) is 12.0. The van der Waals surface area contributed by atoms with Crippen molar-refractivity contribution in [3.8, 4) is 5.75 Å². The van der Waals surface area contributed by atoms with Gasteiger partial charge in [0, 0.05) is 11.3 Å². The number of hydrogen-bond acceptors (Lipinski definition) is 3. The van der Waals surface area contributed by atoms with Gasteiger partial charge in [0.1, 0.15) is 5.75 Å². The van der Waals surface area contributed by atoms with Crippen molar-refractivity contribution in [2.75, 3.05) is 12.4 Å². The van der Waals surface area contributed by atoms with E-state index in [9.17, 15) is 9.90 Å². The minimum absolute atomic E-state index is 0.386. The molecule has 1 aromatic rings. The minimum atomic E-state index is -1.06. The Morgan fingerprint density at radius 1 is 1.54 bits per heavy atom. The van der Waals surface area contributed by atoms with E-state index in [1.165, 1.54) is 7.11 Å². The molecule has 1 unspecified atom stereocenters. The van der Waals surface area contributed by atoms with Crippen LogP contribution in [0, 0.1) is 0 Å². The lowest BCUT2D eigenvalue weighted by atomic mass is 10.1. The third-order valence-electron chi connectivity index (χ3n) is 2.06. The number of hydrogen-bond donors (Lipinski definition) is 2. The summed E-state index contributed by atoms with van der Waals surface area (Å²) in [6.07, 6.45) is -1.06. The molecule has 2 N–H and O–H groups in total. The van der Waals surface area contributed by atoms with E-state index in [0.29, 0.717) is 17.0 Å². The zero-order chi connectivity index (χ0) is 9.42. The molecule has 1 amide bonds. The number of fused-ring (bicyclic) bond motifs is 1. The Hall–Kier alpha value is -1.55. The molecule has 13 heavy (non-hydrogen) atoms. The molecule has 68 valence electrons. The monoisotopic (exact) mass is 179 g/mol. The van der Waals surface area contributed by atoms with Gasteiger partial charge in [-0.15, -0.1) is 0 Å². The Bertz CT molecular complexity index is 362. The van der Waals surface area contributed by atoms with Crippen molar-refractivity contribution in [3.05, 3.63) is 23.8 Å². The number of rotatable bonds is 1. The highest BCUT2D eigenvalue weighted by atomic mass is 16.5. The molecule has 2 rings (SSSR count). The SMILES string of the molecule is COc1ccc2c(c1)C(O)C(=O)N2. The van der Waals surface area contributed by atoms with Gasteiger partial charge in [0.15, 0.2) is 6.10 Å². The lowest BCUT2D eigenvalue weighted by Crippen LogP contribution is -2.10. The van der Waals surface area contributed by atoms with Gasteiger partial charge in [-0.2, -0.15) is 0 Å². The van der Waals surface area contributed by atoms with Crippen LogP contribution in [0.1, 0.15) is 11.7 Å². The highest BCUT2D eigenvalue weighted by molar-refractivity contribution is 6.01. The summed E-state index contributed by atoms with van der Waals surface area (Å²) in [6, 6.07) is 5.09. The highest BCUT2D eigenvalue weighted by Crippen LogP contribution is 2.33. The standard InChI is InChI=1S/C9H9NO3/c1-13-5-2-3-7-6(4-5)8(11)9(12)10-7/h2-4,8,11H,1H3,(H,10,12). The number of aliphatic hydroxyl groups excluding tert-OH is 1. The van der Waals surface area contributed by atoms with Crippen LogP contribution in [-0.4, -0.2) is 18.1 Å². The number of ether oxygens (including phenoxy) is 1. The highest BCUT2D eigenvalue weighted by Gasteiger charge is 2.28. The van der Waals surface area contributed by atoms with Gasteiger partial charge in [0.2, 0.25) is 0 Å². The molecule has 1 atom stereocenters. The van der Waals surface area contributed by atoms with E-state index in [1.54, 1.807) is 18.2 Å². The molecule has 4 nitrogen and oxygen atoms in total. The van der Waals surface area contributed by atoms with Crippen molar-refractivity contribution in [2.24, 2.45) is 0 Å². The van der Waals surface area contributed by atoms with Crippen molar-refractivity contribution in [3.63, 3.8) is 0 Å². The van der Waals surface area contributed by atoms with Crippen LogP contribution in [0.3, 0.4) is 0 Å². The van der Waals surface area contributed by atoms with Gasteiger partial charge in [0.25, 0.3) is 5.91 Å². The van der Waals surface area contributed by atoms with Crippen LogP contribution < -0.4 is 10.1 Å². The average Bonchev–Trinajstić information content (AvgIpc) is 2.43. The molecule has 0 bridgehead atoms. The van der Waals surface area contributed by atoms with Crippen molar-refractivity contribution in [1.29, 1.82) is 0 Å². The normalized spacial score (nSPS) is 19.5. The van der Waals surface area contributed by atoms with Crippen LogP contribution in [0.5, 0.6) is 5.75 Å². The molecule has 0 aromatic heterocycles. The van der Waals surface area contributed by atoms with Crippen LogP contribution in [-0.2, 0) is 4.79 Å². The minimum Gasteiger partial charge on any atom is -0.497 e. The third-order valence-corrected chi connectivity index (χ3v) is 2.06. The third kappa shape index (κ3) is 1.15. The smallest absolute Gasteiger partial charge is 0.257 e. The van der Waals surface area contributed by atoms with Crippen LogP contribution in [0.15, 0.2) is 18.2 Å². The summed E-state index contributed by atoms with van der Waals surface area (Å²) >= 11 is 0. The van der Waals surface area contributed by atoms with Crippen LogP contribution >= 0.6 is 0 Å². The molecule has 0 aliphatic carbocycles. The van der Waals surface area contributed by atoms with Crippen molar-refractivity contribution in [1.82, 2.24) is 0 Å². The number of methoxy groups -OCH3 is 1. The lowest BCUT2D eigenvalue weighted by Gasteiger charge is -2.03. The first-order valence-electron chi connectivity index (χ1n) is 3.89. The summed E-state index contributed by atoms with van der Waals surface area (Å²) in [5.41, 5.74) is 1.22. The maximum atomic E-state index is 11.0. The van der Waals surface area contributed by atoms with Gasteiger partial charge in [-0.3, -0.25) is 4.79 Å². The molecule has 0 fully saturated rings. The predicted molar refractivity (Wildman–Crippen MR) is 46.6 cm³/mol. The van der Waals surface area contributed by atoms with E-state index in [4.69, 9.17) is 4.74 Å². The first-order chi connectivity index (χ1) is 6.22. The Morgan fingerprint density at radius 2 is 2.31 bits per heavy atom. The first kappa shape index (κ1) is 8.07. The van der Waals surface area contributed by atoms with E-state index in [-0.39, 0.29) is 5.91 Å². The molecule has 1 aliphatic rings. The number of amides is 1. The Balaban J connectivity index is 2.47. The fraction of sp³-hybridized carbons (Fsp3) is 0.222. The van der Waals surface area contributed by atoms with Gasteiger partial charge < -0.3 is 15.2 Å². The maximum Gasteiger partial charge on any atom is 0.257 e. The number of carbonyl (C=O) groups excluding carboxylic acids is 1. The molecular formula is C9H9NO3. The van der Waals surface area contributed by atoms with Gasteiger partial charge in [0.05, 0.1) is 7.11 Å². The van der Waals surface area contributed by atoms with Crippen LogP contribution in [0.2, 0.25) is 0 Å². The van der Waals surface area contributed by atoms with Gasteiger partial charge in [-0.25, -0.2) is 0 Å². The van der Waals surface area contributed by atoms with Crippen molar-refractivity contribution < 1.29 is 14.6 Å². The average molecular weight is 179 g/mol. The Morgan fingerprint density at radius 3 is 3.00 bits per heavy atom. The van der Waals surface area contributed by atoms with Crippen molar-refractivity contribution in [2.45, 2.75) is 6.10 Å². The molecule has 1 heterocycles. The van der Waals surface area contributed by atoms with Crippen LogP contribution in [0.25, 0.3) is 0 Å². The Labute approximate surface area is 75.1 Å². The van der Waals surface area contributed by atoms with Crippen LogP contribution in [0.4, 0.5) is 5.69 Å².